The zero-order chi connectivity index (χ0) is 32.2. The van der Waals surface area contributed by atoms with Crippen LogP contribution >= 0.6 is 11.6 Å². The van der Waals surface area contributed by atoms with Gasteiger partial charge < -0.3 is 24.7 Å². The van der Waals surface area contributed by atoms with Gasteiger partial charge in [-0.05, 0) is 89.3 Å². The van der Waals surface area contributed by atoms with Crippen LogP contribution in [-0.2, 0) is 4.74 Å². The Morgan fingerprint density at radius 1 is 1.16 bits per heavy atom. The van der Waals surface area contributed by atoms with Gasteiger partial charge in [-0.15, -0.1) is 0 Å². The number of halogens is 2. The van der Waals surface area contributed by atoms with Gasteiger partial charge in [0.05, 0.1) is 12.9 Å². The number of H-pyrrole nitrogens is 1. The molecule has 2 heterocycles. The maximum absolute atomic E-state index is 12.5. The molecule has 1 aliphatic heterocycles. The molecule has 1 saturated heterocycles. The van der Waals surface area contributed by atoms with Crippen LogP contribution in [-0.4, -0.2) is 58.5 Å². The molecule has 2 amide bonds. The van der Waals surface area contributed by atoms with Gasteiger partial charge in [-0.1, -0.05) is 31.5 Å². The molecule has 1 fully saturated rings. The van der Waals surface area contributed by atoms with E-state index < -0.39 is 11.5 Å². The molecule has 9 nitrogen and oxygen atoms in total. The second-order valence-electron chi connectivity index (χ2n) is 10.8. The van der Waals surface area contributed by atoms with Crippen molar-refractivity contribution in [3.63, 3.8) is 0 Å². The molecule has 1 aromatic heterocycles. The van der Waals surface area contributed by atoms with E-state index in [-0.39, 0.29) is 23.3 Å². The average Bonchev–Trinajstić information content (AvgIpc) is 3.46. The third-order valence-electron chi connectivity index (χ3n) is 6.40. The number of ether oxygens (including phenoxy) is 2. The van der Waals surface area contributed by atoms with Crippen molar-refractivity contribution in [2.75, 3.05) is 25.0 Å². The van der Waals surface area contributed by atoms with Crippen LogP contribution in [0.4, 0.5) is 14.9 Å². The molecule has 0 unspecified atom stereocenters. The Morgan fingerprint density at radius 2 is 1.84 bits per heavy atom. The largest absolute Gasteiger partial charge is 0.493 e. The Hall–Kier alpha value is -3.92. The van der Waals surface area contributed by atoms with E-state index >= 15 is 0 Å². The first-order valence-electron chi connectivity index (χ1n) is 14.3. The van der Waals surface area contributed by atoms with Crippen LogP contribution in [0.15, 0.2) is 42.7 Å². The van der Waals surface area contributed by atoms with Crippen LogP contribution in [0.1, 0.15) is 79.6 Å². The number of aryl methyl sites for hydroxylation is 1. The molecule has 43 heavy (non-hydrogen) atoms. The Labute approximate surface area is 258 Å². The summed E-state index contributed by atoms with van der Waals surface area (Å²) in [4.78, 5) is 43.8. The summed E-state index contributed by atoms with van der Waals surface area (Å²) < 4.78 is 23.9. The number of rotatable bonds is 6. The highest BCUT2D eigenvalue weighted by molar-refractivity contribution is 6.31. The molecule has 0 saturated carbocycles. The number of hydrogen-bond donors (Lipinski definition) is 2. The molecule has 11 heteroatoms. The van der Waals surface area contributed by atoms with E-state index in [0.717, 1.165) is 18.4 Å². The zero-order valence-corrected chi connectivity index (χ0v) is 26.7. The molecule has 234 valence electrons. The molecule has 0 atom stereocenters. The second kappa shape index (κ2) is 16.6. The first-order valence-corrected chi connectivity index (χ1v) is 14.7. The maximum atomic E-state index is 12.5. The molecule has 4 rings (SSSR count). The fraction of sp³-hybridized carbons (Fsp3) is 0.438. The van der Waals surface area contributed by atoms with Crippen molar-refractivity contribution in [3.8, 4) is 5.75 Å². The van der Waals surface area contributed by atoms with E-state index in [2.05, 4.69) is 15.3 Å². The van der Waals surface area contributed by atoms with E-state index in [1.54, 1.807) is 36.1 Å². The van der Waals surface area contributed by atoms with Gasteiger partial charge in [0.15, 0.2) is 12.0 Å². The van der Waals surface area contributed by atoms with Crippen molar-refractivity contribution < 1.29 is 28.2 Å². The number of anilines is 1. The molecular weight excluding hydrogens is 575 g/mol. The van der Waals surface area contributed by atoms with Crippen molar-refractivity contribution in [2.24, 2.45) is 5.92 Å². The maximum Gasteiger partial charge on any atom is 0.410 e. The minimum absolute atomic E-state index is 0.0532. The zero-order valence-electron chi connectivity index (χ0n) is 25.9. The van der Waals surface area contributed by atoms with Gasteiger partial charge in [0.25, 0.3) is 5.91 Å². The van der Waals surface area contributed by atoms with Crippen LogP contribution in [0.2, 0.25) is 5.02 Å². The van der Waals surface area contributed by atoms with Crippen molar-refractivity contribution in [1.29, 1.82) is 0 Å². The smallest absolute Gasteiger partial charge is 0.410 e. The quantitative estimate of drug-likeness (QED) is 0.275. The third-order valence-corrected chi connectivity index (χ3v) is 6.81. The third kappa shape index (κ3) is 11.0. The van der Waals surface area contributed by atoms with Gasteiger partial charge in [-0.3, -0.25) is 9.59 Å². The summed E-state index contributed by atoms with van der Waals surface area (Å²) in [6.45, 7) is 15.0. The van der Waals surface area contributed by atoms with Crippen molar-refractivity contribution in [3.05, 3.63) is 76.1 Å². The Bertz CT molecular complexity index is 1340. The van der Waals surface area contributed by atoms with Crippen molar-refractivity contribution in [2.45, 2.75) is 66.9 Å². The second-order valence-corrected chi connectivity index (χ2v) is 11.2. The number of aromatic amines is 1. The number of aromatic nitrogens is 2. The molecule has 2 N–H and O–H groups in total. The predicted molar refractivity (Wildman–Crippen MR) is 167 cm³/mol. The first kappa shape index (κ1) is 35.3. The number of aldehydes is 1. The summed E-state index contributed by atoms with van der Waals surface area (Å²) in [5.74, 6) is 0.364. The Balaban J connectivity index is 0.000000496. The number of carbonyl (C=O) groups excluding carboxylic acids is 3. The molecule has 0 aliphatic carbocycles. The molecule has 0 spiro atoms. The standard InChI is InChI=1S/C23H30N4O5.C7H6ClF.C2H6/c1-15-11-17(5-6-18(15)26-21(29)20-19(12-28)24-14-25-20)31-13-16-7-9-27(10-8-16)22(30)32-23(2,3)4;1-5-6(8)3-2-4-7(5)9;1-2/h5-6,11-12,14,16H,7-10,13H2,1-4H3,(H,24,25)(H,26,29);2-4H,1H3;1-2H3. The van der Waals surface area contributed by atoms with Gasteiger partial charge in [0.2, 0.25) is 0 Å². The lowest BCUT2D eigenvalue weighted by Crippen LogP contribution is -2.42. The number of piperidine rings is 1. The summed E-state index contributed by atoms with van der Waals surface area (Å²) in [7, 11) is 0. The lowest BCUT2D eigenvalue weighted by atomic mass is 9.98. The SMILES string of the molecule is CC.Cc1c(F)cccc1Cl.Cc1cc(OCC2CCN(C(=O)OC(C)(C)C)CC2)ccc1NC(=O)c1nc[nH]c1C=O. The number of nitrogens with zero attached hydrogens (tertiary/aromatic N) is 2. The summed E-state index contributed by atoms with van der Waals surface area (Å²) in [5, 5.41) is 3.25. The molecule has 0 radical (unpaired) electrons. The van der Waals surface area contributed by atoms with Crippen LogP contribution < -0.4 is 10.1 Å². The van der Waals surface area contributed by atoms with Gasteiger partial charge in [-0.25, -0.2) is 14.2 Å². The highest BCUT2D eigenvalue weighted by Gasteiger charge is 2.27. The molecule has 3 aromatic rings. The van der Waals surface area contributed by atoms with Gasteiger partial charge in [0, 0.05) is 29.4 Å². The average molecular weight is 617 g/mol. The van der Waals surface area contributed by atoms with E-state index in [9.17, 15) is 18.8 Å². The highest BCUT2D eigenvalue weighted by atomic mass is 35.5. The fourth-order valence-corrected chi connectivity index (χ4v) is 4.19. The monoisotopic (exact) mass is 616 g/mol. The number of hydrogen-bond acceptors (Lipinski definition) is 6. The van der Waals surface area contributed by atoms with Crippen molar-refractivity contribution >= 4 is 35.6 Å². The molecule has 2 aromatic carbocycles. The predicted octanol–water partition coefficient (Wildman–Crippen LogP) is 7.62. The lowest BCUT2D eigenvalue weighted by molar-refractivity contribution is 0.0164. The van der Waals surface area contributed by atoms with E-state index in [1.807, 2.05) is 47.6 Å². The molecule has 1 aliphatic rings. The first-order chi connectivity index (χ1) is 20.4. The number of imidazole rings is 1. The number of nitrogens with one attached hydrogen (secondary N) is 2. The Kier molecular flexibility index (Phi) is 13.7. The number of likely N-dealkylation sites (tertiary alicyclic amines) is 1. The van der Waals surface area contributed by atoms with E-state index in [4.69, 9.17) is 21.1 Å². The summed E-state index contributed by atoms with van der Waals surface area (Å²) >= 11 is 5.57. The van der Waals surface area contributed by atoms with Crippen LogP contribution in [0, 0.1) is 25.6 Å². The Morgan fingerprint density at radius 3 is 2.40 bits per heavy atom. The van der Waals surface area contributed by atoms with Gasteiger partial charge >= 0.3 is 6.09 Å². The van der Waals surface area contributed by atoms with Gasteiger partial charge in [0.1, 0.15) is 22.9 Å². The van der Waals surface area contributed by atoms with Gasteiger partial charge in [-0.2, -0.15) is 0 Å². The molecular formula is C32H42ClFN4O5. The van der Waals surface area contributed by atoms with Crippen LogP contribution in [0.3, 0.4) is 0 Å². The summed E-state index contributed by atoms with van der Waals surface area (Å²) in [6.07, 6.45) is 3.31. The topological polar surface area (TPSA) is 114 Å². The van der Waals surface area contributed by atoms with Crippen LogP contribution in [0.25, 0.3) is 0 Å². The lowest BCUT2D eigenvalue weighted by Gasteiger charge is -2.33. The summed E-state index contributed by atoms with van der Waals surface area (Å²) in [6, 6.07) is 10.1. The minimum atomic E-state index is -0.491. The van der Waals surface area contributed by atoms with E-state index in [0.29, 0.717) is 53.9 Å². The highest BCUT2D eigenvalue weighted by Crippen LogP contribution is 2.25. The van der Waals surface area contributed by atoms with Crippen LogP contribution in [0.5, 0.6) is 5.75 Å². The normalized spacial score (nSPS) is 13.1. The molecule has 0 bridgehead atoms. The minimum Gasteiger partial charge on any atom is -0.493 e. The summed E-state index contributed by atoms with van der Waals surface area (Å²) in [5.41, 5.74) is 1.66. The van der Waals surface area contributed by atoms with E-state index in [1.165, 1.54) is 12.4 Å². The number of carbonyl (C=O) groups is 3. The fourth-order valence-electron chi connectivity index (χ4n) is 4.03. The van der Waals surface area contributed by atoms with Crippen molar-refractivity contribution in [1.82, 2.24) is 14.9 Å². The number of benzene rings is 2. The number of amides is 2.